The Hall–Kier alpha value is -1.62. The summed E-state index contributed by atoms with van der Waals surface area (Å²) in [5.74, 6) is 1.26. The summed E-state index contributed by atoms with van der Waals surface area (Å²) in [6.07, 6.45) is 1.77. The molecule has 0 bridgehead atoms. The Morgan fingerprint density at radius 2 is 2.22 bits per heavy atom. The largest absolute Gasteiger partial charge is 0.359 e. The molecule has 1 saturated heterocycles. The van der Waals surface area contributed by atoms with Gasteiger partial charge in [0, 0.05) is 32.6 Å². The van der Waals surface area contributed by atoms with Crippen LogP contribution in [0.2, 0.25) is 0 Å². The zero-order valence-electron chi connectivity index (χ0n) is 10.7. The number of hydrogen-bond acceptors (Lipinski definition) is 4. The maximum absolute atomic E-state index is 11.5. The van der Waals surface area contributed by atoms with E-state index in [2.05, 4.69) is 15.2 Å². The van der Waals surface area contributed by atoms with Crippen LogP contribution in [0.4, 0.5) is 5.82 Å². The summed E-state index contributed by atoms with van der Waals surface area (Å²) in [6, 6.07) is 5.91. The summed E-state index contributed by atoms with van der Waals surface area (Å²) in [5.41, 5.74) is 6.50. The number of piperidine rings is 1. The predicted octanol–water partition coefficient (Wildman–Crippen LogP) is 0.503. The smallest absolute Gasteiger partial charge is 0.222 e. The van der Waals surface area contributed by atoms with Crippen LogP contribution < -0.4 is 16.0 Å². The third-order valence-electron chi connectivity index (χ3n) is 3.44. The van der Waals surface area contributed by atoms with Gasteiger partial charge in [0.15, 0.2) is 0 Å². The molecule has 1 aliphatic rings. The molecule has 0 radical (unpaired) electrons. The number of nitrogens with zero attached hydrogens (tertiary/aromatic N) is 2. The van der Waals surface area contributed by atoms with Crippen molar-refractivity contribution in [3.63, 3.8) is 0 Å². The fraction of sp³-hybridized carbons (Fsp3) is 0.538. The van der Waals surface area contributed by atoms with Gasteiger partial charge in [-0.25, -0.2) is 4.98 Å². The minimum atomic E-state index is 0.143. The number of hydrogen-bond donors (Lipinski definition) is 2. The topological polar surface area (TPSA) is 71.2 Å². The number of amides is 1. The number of anilines is 1. The van der Waals surface area contributed by atoms with Crippen molar-refractivity contribution in [2.24, 2.45) is 11.7 Å². The van der Waals surface area contributed by atoms with E-state index in [-0.39, 0.29) is 11.8 Å². The molecule has 0 aromatic carbocycles. The number of pyridine rings is 1. The molecule has 0 atom stereocenters. The maximum atomic E-state index is 11.5. The van der Waals surface area contributed by atoms with Gasteiger partial charge < -0.3 is 16.0 Å². The van der Waals surface area contributed by atoms with Gasteiger partial charge in [-0.1, -0.05) is 6.07 Å². The van der Waals surface area contributed by atoms with Gasteiger partial charge >= 0.3 is 0 Å². The fourth-order valence-electron chi connectivity index (χ4n) is 2.33. The average Bonchev–Trinajstić information content (AvgIpc) is 2.46. The van der Waals surface area contributed by atoms with E-state index in [1.54, 1.807) is 7.05 Å². The van der Waals surface area contributed by atoms with Crippen molar-refractivity contribution in [2.45, 2.75) is 19.4 Å². The number of nitrogens with two attached hydrogens (primary N) is 1. The van der Waals surface area contributed by atoms with Crippen LogP contribution in [0.25, 0.3) is 0 Å². The van der Waals surface area contributed by atoms with E-state index in [0.29, 0.717) is 6.54 Å². The van der Waals surface area contributed by atoms with Crippen molar-refractivity contribution in [1.82, 2.24) is 10.3 Å². The van der Waals surface area contributed by atoms with E-state index in [1.165, 1.54) is 0 Å². The number of aromatic nitrogens is 1. The Morgan fingerprint density at radius 3 is 2.83 bits per heavy atom. The third-order valence-corrected chi connectivity index (χ3v) is 3.44. The van der Waals surface area contributed by atoms with Crippen LogP contribution in [-0.4, -0.2) is 31.0 Å². The van der Waals surface area contributed by atoms with E-state index < -0.39 is 0 Å². The van der Waals surface area contributed by atoms with Crippen molar-refractivity contribution >= 4 is 11.7 Å². The Labute approximate surface area is 107 Å². The molecular weight excluding hydrogens is 228 g/mol. The Bertz CT molecular complexity index is 413. The zero-order chi connectivity index (χ0) is 13.0. The molecule has 5 heteroatoms. The normalized spacial score (nSPS) is 16.7. The molecule has 5 nitrogen and oxygen atoms in total. The van der Waals surface area contributed by atoms with Crippen LogP contribution in [0.1, 0.15) is 18.5 Å². The van der Waals surface area contributed by atoms with Gasteiger partial charge in [-0.15, -0.1) is 0 Å². The van der Waals surface area contributed by atoms with Crippen molar-refractivity contribution in [3.05, 3.63) is 23.9 Å². The van der Waals surface area contributed by atoms with Crippen LogP contribution in [0.5, 0.6) is 0 Å². The first-order chi connectivity index (χ1) is 8.74. The monoisotopic (exact) mass is 248 g/mol. The van der Waals surface area contributed by atoms with Gasteiger partial charge in [-0.2, -0.15) is 0 Å². The molecule has 1 fully saturated rings. The molecule has 1 aliphatic heterocycles. The molecule has 98 valence electrons. The summed E-state index contributed by atoms with van der Waals surface area (Å²) < 4.78 is 0. The van der Waals surface area contributed by atoms with Gasteiger partial charge in [-0.3, -0.25) is 4.79 Å². The summed E-state index contributed by atoms with van der Waals surface area (Å²) in [7, 11) is 1.70. The molecule has 3 N–H and O–H groups in total. The molecule has 0 unspecified atom stereocenters. The second-order valence-corrected chi connectivity index (χ2v) is 4.57. The van der Waals surface area contributed by atoms with Crippen molar-refractivity contribution < 1.29 is 4.79 Å². The van der Waals surface area contributed by atoms with Gasteiger partial charge in [0.1, 0.15) is 5.82 Å². The van der Waals surface area contributed by atoms with Crippen LogP contribution in [0.3, 0.4) is 0 Å². The molecule has 0 spiro atoms. The fourth-order valence-corrected chi connectivity index (χ4v) is 2.33. The number of rotatable bonds is 3. The highest BCUT2D eigenvalue weighted by molar-refractivity contribution is 5.78. The summed E-state index contributed by atoms with van der Waals surface area (Å²) in [6.45, 7) is 2.21. The highest BCUT2D eigenvalue weighted by atomic mass is 16.1. The van der Waals surface area contributed by atoms with Gasteiger partial charge in [0.25, 0.3) is 0 Å². The molecule has 0 saturated carbocycles. The zero-order valence-corrected chi connectivity index (χ0v) is 10.7. The lowest BCUT2D eigenvalue weighted by Crippen LogP contribution is -2.40. The molecule has 1 amide bonds. The van der Waals surface area contributed by atoms with Crippen molar-refractivity contribution in [3.8, 4) is 0 Å². The second kappa shape index (κ2) is 5.82. The molecule has 2 heterocycles. The van der Waals surface area contributed by atoms with Gasteiger partial charge in [-0.05, 0) is 25.0 Å². The molecule has 1 aromatic rings. The van der Waals surface area contributed by atoms with Crippen LogP contribution in [0.15, 0.2) is 18.2 Å². The minimum Gasteiger partial charge on any atom is -0.359 e. The lowest BCUT2D eigenvalue weighted by molar-refractivity contribution is -0.125. The minimum absolute atomic E-state index is 0.143. The highest BCUT2D eigenvalue weighted by Crippen LogP contribution is 2.22. The number of nitrogens with one attached hydrogen (secondary N) is 1. The first kappa shape index (κ1) is 12.8. The number of carbonyl (C=O) groups is 1. The van der Waals surface area contributed by atoms with Gasteiger partial charge in [0.2, 0.25) is 5.91 Å². The van der Waals surface area contributed by atoms with E-state index in [1.807, 2.05) is 18.2 Å². The Kier molecular flexibility index (Phi) is 4.15. The first-order valence-corrected chi connectivity index (χ1v) is 6.37. The van der Waals surface area contributed by atoms with Gasteiger partial charge in [0.05, 0.1) is 5.69 Å². The summed E-state index contributed by atoms with van der Waals surface area (Å²) >= 11 is 0. The second-order valence-electron chi connectivity index (χ2n) is 4.57. The number of carbonyl (C=O) groups excluding carboxylic acids is 1. The van der Waals surface area contributed by atoms with Crippen molar-refractivity contribution in [1.29, 1.82) is 0 Å². The van der Waals surface area contributed by atoms with E-state index >= 15 is 0 Å². The van der Waals surface area contributed by atoms with Crippen LogP contribution in [0, 0.1) is 5.92 Å². The quantitative estimate of drug-likeness (QED) is 0.817. The highest BCUT2D eigenvalue weighted by Gasteiger charge is 2.24. The van der Waals surface area contributed by atoms with Crippen molar-refractivity contribution in [2.75, 3.05) is 25.0 Å². The lowest BCUT2D eigenvalue weighted by atomic mass is 9.96. The average molecular weight is 248 g/mol. The molecule has 0 aliphatic carbocycles. The van der Waals surface area contributed by atoms with E-state index in [0.717, 1.165) is 37.4 Å². The van der Waals surface area contributed by atoms with Crippen LogP contribution in [-0.2, 0) is 11.3 Å². The first-order valence-electron chi connectivity index (χ1n) is 6.37. The molecule has 1 aromatic heterocycles. The van der Waals surface area contributed by atoms with Crippen LogP contribution >= 0.6 is 0 Å². The standard InChI is InChI=1S/C13H20N4O/c1-15-13(18)10-5-7-17(8-6-10)12-4-2-3-11(9-14)16-12/h2-4,10H,5-9,14H2,1H3,(H,15,18). The summed E-state index contributed by atoms with van der Waals surface area (Å²) in [4.78, 5) is 18.3. The SMILES string of the molecule is CNC(=O)C1CCN(c2cccc(CN)n2)CC1. The Balaban J connectivity index is 1.98. The van der Waals surface area contributed by atoms with E-state index in [9.17, 15) is 4.79 Å². The maximum Gasteiger partial charge on any atom is 0.222 e. The Morgan fingerprint density at radius 1 is 1.50 bits per heavy atom. The third kappa shape index (κ3) is 2.79. The van der Waals surface area contributed by atoms with E-state index in [4.69, 9.17) is 5.73 Å². The predicted molar refractivity (Wildman–Crippen MR) is 71.1 cm³/mol. The molecular formula is C13H20N4O. The lowest BCUT2D eigenvalue weighted by Gasteiger charge is -2.32. The summed E-state index contributed by atoms with van der Waals surface area (Å²) in [5, 5.41) is 2.72. The molecule has 2 rings (SSSR count). The molecule has 18 heavy (non-hydrogen) atoms.